The van der Waals surface area contributed by atoms with Crippen LogP contribution in [0.15, 0.2) is 36.1 Å². The minimum absolute atomic E-state index is 0.0298. The Hall–Kier alpha value is -2.50. The van der Waals surface area contributed by atoms with Crippen molar-refractivity contribution in [3.05, 3.63) is 46.7 Å². The van der Waals surface area contributed by atoms with Crippen molar-refractivity contribution in [2.45, 2.75) is 55.8 Å². The summed E-state index contributed by atoms with van der Waals surface area (Å²) in [5, 5.41) is 13.3. The number of esters is 1. The van der Waals surface area contributed by atoms with Crippen molar-refractivity contribution in [3.8, 4) is 0 Å². The number of halogens is 2. The van der Waals surface area contributed by atoms with Crippen LogP contribution in [0.2, 0.25) is 0 Å². The first-order valence-electron chi connectivity index (χ1n) is 11.9. The van der Waals surface area contributed by atoms with Gasteiger partial charge in [0.2, 0.25) is 12.0 Å². The summed E-state index contributed by atoms with van der Waals surface area (Å²) in [7, 11) is 0. The third-order valence-corrected chi connectivity index (χ3v) is 9.12. The zero-order valence-corrected chi connectivity index (χ0v) is 20.0. The summed E-state index contributed by atoms with van der Waals surface area (Å²) >= 11 is 1.15. The van der Waals surface area contributed by atoms with Crippen LogP contribution in [0.4, 0.5) is 8.78 Å². The molecule has 4 aliphatic rings. The fourth-order valence-electron chi connectivity index (χ4n) is 6.32. The van der Waals surface area contributed by atoms with Crippen LogP contribution in [0.3, 0.4) is 0 Å². The molecule has 8 nitrogen and oxygen atoms in total. The minimum atomic E-state index is -2.92. The van der Waals surface area contributed by atoms with Crippen molar-refractivity contribution in [2.24, 2.45) is 17.6 Å². The van der Waals surface area contributed by atoms with E-state index in [1.807, 2.05) is 0 Å². The van der Waals surface area contributed by atoms with Gasteiger partial charge in [-0.05, 0) is 23.9 Å². The van der Waals surface area contributed by atoms with Crippen LogP contribution in [0.25, 0.3) is 0 Å². The van der Waals surface area contributed by atoms with Crippen molar-refractivity contribution >= 4 is 23.2 Å². The van der Waals surface area contributed by atoms with Gasteiger partial charge in [0.1, 0.15) is 18.6 Å². The van der Waals surface area contributed by atoms with Crippen LogP contribution < -0.4 is 5.73 Å². The molecule has 35 heavy (non-hydrogen) atoms. The highest BCUT2D eigenvalue weighted by Crippen LogP contribution is 2.50. The normalized spacial score (nSPS) is 32.0. The number of nitrogens with zero attached hydrogens (tertiary/aromatic N) is 3. The number of primary amides is 1. The molecule has 2 aromatic heterocycles. The van der Waals surface area contributed by atoms with Gasteiger partial charge >= 0.3 is 5.97 Å². The number of quaternary nitrogens is 1. The number of ether oxygens (including phenoxy) is 1. The average molecular weight is 508 g/mol. The standard InChI is InChI=1S/C24H28F2N4O4S/c25-23(26)7-3-16(12-23)24(33,19-2-1-11-35-19)22(32)34-18-13-30(9-5-15(18)6-10-30)20(21(27)31)17-4-8-28-14-29-17/h1-2,4,8,11,14-16,18,20,33H,3,5-7,9-10,12-13H2,(H-,27,31)/p+1/t15?,16?,18-,20?,24?,30?/m0/s1. The lowest BCUT2D eigenvalue weighted by atomic mass is 9.80. The van der Waals surface area contributed by atoms with Crippen molar-refractivity contribution in [1.29, 1.82) is 0 Å². The Labute approximate surface area is 205 Å². The maximum atomic E-state index is 14.1. The predicted molar refractivity (Wildman–Crippen MR) is 122 cm³/mol. The summed E-state index contributed by atoms with van der Waals surface area (Å²) in [6.45, 7) is 1.70. The summed E-state index contributed by atoms with van der Waals surface area (Å²) in [5.41, 5.74) is 4.21. The Morgan fingerprint density at radius 1 is 1.29 bits per heavy atom. The number of rotatable bonds is 7. The fourth-order valence-corrected chi connectivity index (χ4v) is 7.21. The number of aliphatic hydroxyl groups is 1. The van der Waals surface area contributed by atoms with Crippen molar-refractivity contribution in [3.63, 3.8) is 0 Å². The summed E-state index contributed by atoms with van der Waals surface area (Å²) in [5.74, 6) is -5.20. The van der Waals surface area contributed by atoms with Crippen LogP contribution in [0, 0.1) is 11.8 Å². The Morgan fingerprint density at radius 3 is 2.63 bits per heavy atom. The van der Waals surface area contributed by atoms with Gasteiger partial charge in [0.05, 0.1) is 13.1 Å². The minimum Gasteiger partial charge on any atom is -0.454 e. The smallest absolute Gasteiger partial charge is 0.344 e. The molecule has 1 saturated carbocycles. The van der Waals surface area contributed by atoms with Crippen molar-refractivity contribution < 1.29 is 32.7 Å². The molecule has 2 aromatic rings. The first-order valence-corrected chi connectivity index (χ1v) is 12.8. The van der Waals surface area contributed by atoms with E-state index >= 15 is 0 Å². The Kier molecular flexibility index (Phi) is 6.13. The molecule has 6 rings (SSSR count). The number of nitrogens with two attached hydrogens (primary N) is 1. The number of piperidine rings is 3. The van der Waals surface area contributed by atoms with E-state index in [9.17, 15) is 23.5 Å². The second kappa shape index (κ2) is 8.86. The second-order valence-electron chi connectivity index (χ2n) is 10.1. The molecule has 11 heteroatoms. The van der Waals surface area contributed by atoms with Gasteiger partial charge in [-0.15, -0.1) is 11.3 Å². The van der Waals surface area contributed by atoms with Gasteiger partial charge < -0.3 is 20.1 Å². The van der Waals surface area contributed by atoms with Gasteiger partial charge in [0, 0.05) is 48.6 Å². The van der Waals surface area contributed by atoms with E-state index in [2.05, 4.69) is 9.97 Å². The number of carbonyl (C=O) groups is 2. The molecule has 1 aliphatic carbocycles. The first-order chi connectivity index (χ1) is 16.6. The Morgan fingerprint density at radius 2 is 2.06 bits per heavy atom. The van der Waals surface area contributed by atoms with E-state index < -0.39 is 47.9 Å². The van der Waals surface area contributed by atoms with E-state index in [4.69, 9.17) is 10.5 Å². The molecule has 0 spiro atoms. The van der Waals surface area contributed by atoms with Crippen LogP contribution in [0.1, 0.15) is 48.7 Å². The zero-order valence-electron chi connectivity index (χ0n) is 19.2. The number of fused-ring (bicyclic) bond motifs is 3. The highest BCUT2D eigenvalue weighted by atomic mass is 32.1. The average Bonchev–Trinajstić information content (AvgIpc) is 3.50. The van der Waals surface area contributed by atoms with Gasteiger partial charge in [-0.1, -0.05) is 6.07 Å². The summed E-state index contributed by atoms with van der Waals surface area (Å²) < 4.78 is 34.4. The molecule has 5 heterocycles. The number of carbonyl (C=O) groups excluding carboxylic acids is 2. The number of amides is 1. The molecule has 0 radical (unpaired) electrons. The molecular weight excluding hydrogens is 478 g/mol. The topological polar surface area (TPSA) is 115 Å². The molecule has 3 aliphatic heterocycles. The lowest BCUT2D eigenvalue weighted by Gasteiger charge is -2.54. The molecule has 3 saturated heterocycles. The van der Waals surface area contributed by atoms with Gasteiger partial charge in [-0.2, -0.15) is 0 Å². The van der Waals surface area contributed by atoms with Crippen LogP contribution in [-0.4, -0.2) is 63.1 Å². The van der Waals surface area contributed by atoms with Crippen LogP contribution in [0.5, 0.6) is 0 Å². The first kappa shape index (κ1) is 24.2. The van der Waals surface area contributed by atoms with Gasteiger partial charge in [-0.3, -0.25) is 4.79 Å². The quantitative estimate of drug-likeness (QED) is 0.440. The van der Waals surface area contributed by atoms with E-state index in [1.54, 1.807) is 29.8 Å². The Balaban J connectivity index is 1.41. The maximum Gasteiger partial charge on any atom is 0.344 e. The number of aromatic nitrogens is 2. The molecule has 188 valence electrons. The third-order valence-electron chi connectivity index (χ3n) is 8.12. The van der Waals surface area contributed by atoms with Gasteiger partial charge in [0.15, 0.2) is 11.7 Å². The number of hydrogen-bond acceptors (Lipinski definition) is 7. The van der Waals surface area contributed by atoms with E-state index in [1.165, 1.54) is 6.33 Å². The van der Waals surface area contributed by atoms with E-state index in [-0.39, 0.29) is 18.8 Å². The number of hydrogen-bond donors (Lipinski definition) is 2. The lowest BCUT2D eigenvalue weighted by molar-refractivity contribution is -0.965. The molecule has 4 atom stereocenters. The van der Waals surface area contributed by atoms with Gasteiger partial charge in [0.25, 0.3) is 5.91 Å². The fraction of sp³-hybridized carbons (Fsp3) is 0.583. The van der Waals surface area contributed by atoms with Crippen molar-refractivity contribution in [1.82, 2.24) is 9.97 Å². The molecule has 3 unspecified atom stereocenters. The largest absolute Gasteiger partial charge is 0.454 e. The number of alkyl halides is 2. The Bertz CT molecular complexity index is 1080. The summed E-state index contributed by atoms with van der Waals surface area (Å²) in [4.78, 5) is 34.6. The second-order valence-corrected chi connectivity index (χ2v) is 11.1. The number of thiophene rings is 1. The molecule has 3 N–H and O–H groups in total. The molecular formula is C24H29F2N4O4S+. The van der Waals surface area contributed by atoms with Crippen LogP contribution >= 0.6 is 11.3 Å². The molecule has 4 fully saturated rings. The summed E-state index contributed by atoms with van der Waals surface area (Å²) in [6, 6.07) is 4.22. The zero-order chi connectivity index (χ0) is 24.8. The maximum absolute atomic E-state index is 14.1. The third kappa shape index (κ3) is 4.23. The highest BCUT2D eigenvalue weighted by molar-refractivity contribution is 7.10. The van der Waals surface area contributed by atoms with Crippen LogP contribution in [-0.2, 0) is 19.9 Å². The van der Waals surface area contributed by atoms with E-state index in [0.29, 0.717) is 47.5 Å². The summed E-state index contributed by atoms with van der Waals surface area (Å²) in [6.07, 6.45) is 2.88. The SMILES string of the molecule is NC(=O)C(c1ccncn1)[N+]12CCC(CC1)[C@@H](OC(=O)C(O)(c1cccs1)C1CCC(F)(F)C1)C2. The monoisotopic (exact) mass is 507 g/mol. The van der Waals surface area contributed by atoms with Gasteiger partial charge in [-0.25, -0.2) is 23.5 Å². The van der Waals surface area contributed by atoms with Crippen molar-refractivity contribution in [2.75, 3.05) is 19.6 Å². The molecule has 1 amide bonds. The highest BCUT2D eigenvalue weighted by Gasteiger charge is 2.58. The molecule has 0 aromatic carbocycles. The molecule has 2 bridgehead atoms. The van der Waals surface area contributed by atoms with E-state index in [0.717, 1.165) is 11.3 Å². The predicted octanol–water partition coefficient (Wildman–Crippen LogP) is 2.54. The lowest BCUT2D eigenvalue weighted by Crippen LogP contribution is -2.67.